The largest absolute Gasteiger partial charge is 0.508 e. The molecule has 0 spiro atoms. The Kier molecular flexibility index (Phi) is 5.26. The highest BCUT2D eigenvalue weighted by Gasteiger charge is 2.08. The van der Waals surface area contributed by atoms with Crippen LogP contribution in [-0.4, -0.2) is 21.0 Å². The molecule has 7 nitrogen and oxygen atoms in total. The fourth-order valence-electron chi connectivity index (χ4n) is 2.33. The second-order valence-electron chi connectivity index (χ2n) is 5.44. The van der Waals surface area contributed by atoms with Gasteiger partial charge in [0, 0.05) is 22.2 Å². The number of carbonyl (C=O) groups is 1. The van der Waals surface area contributed by atoms with Gasteiger partial charge in [-0.15, -0.1) is 0 Å². The number of carbonyl (C=O) groups excluding carboxylic acids is 1. The molecule has 3 aromatic rings. The highest BCUT2D eigenvalue weighted by atomic mass is 32.2. The summed E-state index contributed by atoms with van der Waals surface area (Å²) < 4.78 is 0. The zero-order valence-corrected chi connectivity index (χ0v) is 14.5. The third-order valence-corrected chi connectivity index (χ3v) is 4.00. The first-order valence-electron chi connectivity index (χ1n) is 7.64. The van der Waals surface area contributed by atoms with Crippen LogP contribution in [0.3, 0.4) is 0 Å². The Morgan fingerprint density at radius 3 is 2.65 bits per heavy atom. The molecular formula is C18H17N5O2S. The normalized spacial score (nSPS) is 11.3. The van der Waals surface area contributed by atoms with Gasteiger partial charge in [0.2, 0.25) is 0 Å². The second kappa shape index (κ2) is 7.77. The summed E-state index contributed by atoms with van der Waals surface area (Å²) in [6.07, 6.45) is 1.70. The van der Waals surface area contributed by atoms with E-state index in [-0.39, 0.29) is 11.4 Å². The first kappa shape index (κ1) is 17.6. The number of hydrogen-bond donors (Lipinski definition) is 5. The third-order valence-electron chi connectivity index (χ3n) is 3.61. The summed E-state index contributed by atoms with van der Waals surface area (Å²) in [6, 6.07) is 14.1. The van der Waals surface area contributed by atoms with Gasteiger partial charge in [-0.05, 0) is 36.4 Å². The van der Waals surface area contributed by atoms with E-state index in [1.165, 1.54) is 5.41 Å². The quantitative estimate of drug-likeness (QED) is 0.348. The Morgan fingerprint density at radius 2 is 1.96 bits per heavy atom. The summed E-state index contributed by atoms with van der Waals surface area (Å²) in [5.74, 6) is 0.458. The lowest BCUT2D eigenvalue weighted by Crippen LogP contribution is -2.19. The van der Waals surface area contributed by atoms with Crippen LogP contribution in [0.25, 0.3) is 22.6 Å². The first-order chi connectivity index (χ1) is 12.6. The Labute approximate surface area is 154 Å². The van der Waals surface area contributed by atoms with E-state index in [0.717, 1.165) is 28.8 Å². The maximum absolute atomic E-state index is 11.8. The van der Waals surface area contributed by atoms with Crippen molar-refractivity contribution >= 4 is 23.5 Å². The van der Waals surface area contributed by atoms with E-state index in [9.17, 15) is 9.90 Å². The van der Waals surface area contributed by atoms with E-state index in [0.29, 0.717) is 11.5 Å². The van der Waals surface area contributed by atoms with Crippen LogP contribution in [0.5, 0.6) is 5.75 Å². The van der Waals surface area contributed by atoms with Crippen molar-refractivity contribution in [1.82, 2.24) is 9.97 Å². The molecule has 132 valence electrons. The average molecular weight is 367 g/mol. The first-order valence-corrected chi connectivity index (χ1v) is 8.58. The number of nitrogens with one attached hydrogen (secondary N) is 2. The summed E-state index contributed by atoms with van der Waals surface area (Å²) in [7, 11) is 0. The minimum Gasteiger partial charge on any atom is -0.508 e. The van der Waals surface area contributed by atoms with E-state index in [2.05, 4.69) is 15.3 Å². The number of nitrogens with two attached hydrogens (primary N) is 2. The molecule has 0 fully saturated rings. The number of rotatable bonds is 5. The minimum atomic E-state index is -0.417. The Morgan fingerprint density at radius 1 is 1.19 bits per heavy atom. The maximum atomic E-state index is 11.8. The molecule has 0 radical (unpaired) electrons. The number of imidazole rings is 1. The van der Waals surface area contributed by atoms with Crippen molar-refractivity contribution in [3.05, 3.63) is 65.8 Å². The molecule has 0 aliphatic carbocycles. The van der Waals surface area contributed by atoms with Gasteiger partial charge in [-0.25, -0.2) is 4.98 Å². The summed E-state index contributed by atoms with van der Waals surface area (Å²) in [6.45, 7) is 0. The molecule has 1 aromatic heterocycles. The van der Waals surface area contributed by atoms with Crippen molar-refractivity contribution in [1.29, 1.82) is 0 Å². The molecule has 0 aliphatic rings. The van der Waals surface area contributed by atoms with Crippen molar-refractivity contribution in [3.63, 3.8) is 0 Å². The van der Waals surface area contributed by atoms with Crippen LogP contribution < -0.4 is 16.2 Å². The van der Waals surface area contributed by atoms with Crippen LogP contribution in [0, 0.1) is 0 Å². The van der Waals surface area contributed by atoms with Crippen molar-refractivity contribution in [2.24, 2.45) is 10.9 Å². The molecule has 0 aliphatic heterocycles. The summed E-state index contributed by atoms with van der Waals surface area (Å²) >= 11 is 0.874. The molecular weight excluding hydrogens is 350 g/mol. The Hall–Kier alpha value is -3.23. The highest BCUT2D eigenvalue weighted by molar-refractivity contribution is 8.00. The monoisotopic (exact) mass is 367 g/mol. The SMILES string of the molecule is NS/C=C(\N)C(=O)Nc1ccc(-c2ncc(-c3cccc(O)c3)[nH]2)cc1. The van der Waals surface area contributed by atoms with Gasteiger partial charge in [-0.1, -0.05) is 24.1 Å². The predicted octanol–water partition coefficient (Wildman–Crippen LogP) is 2.79. The van der Waals surface area contributed by atoms with Crippen LogP contribution in [0.1, 0.15) is 0 Å². The van der Waals surface area contributed by atoms with Crippen molar-refractivity contribution in [3.8, 4) is 28.4 Å². The molecule has 0 saturated carbocycles. The molecule has 0 saturated heterocycles. The topological polar surface area (TPSA) is 130 Å². The highest BCUT2D eigenvalue weighted by Crippen LogP contribution is 2.25. The van der Waals surface area contributed by atoms with Crippen molar-refractivity contribution < 1.29 is 9.90 Å². The van der Waals surface area contributed by atoms with Crippen molar-refractivity contribution in [2.45, 2.75) is 0 Å². The van der Waals surface area contributed by atoms with Crippen LogP contribution >= 0.6 is 11.9 Å². The van der Waals surface area contributed by atoms with E-state index in [4.69, 9.17) is 10.9 Å². The van der Waals surface area contributed by atoms with E-state index >= 15 is 0 Å². The van der Waals surface area contributed by atoms with E-state index < -0.39 is 5.91 Å². The zero-order chi connectivity index (χ0) is 18.5. The lowest BCUT2D eigenvalue weighted by Gasteiger charge is -2.06. The van der Waals surface area contributed by atoms with Crippen molar-refractivity contribution in [2.75, 3.05) is 5.32 Å². The van der Waals surface area contributed by atoms with Gasteiger partial charge in [-0.3, -0.25) is 9.93 Å². The number of aromatic hydroxyl groups is 1. The number of nitrogens with zero attached hydrogens (tertiary/aromatic N) is 1. The number of aromatic amines is 1. The Bertz CT molecular complexity index is 950. The van der Waals surface area contributed by atoms with Gasteiger partial charge >= 0.3 is 0 Å². The lowest BCUT2D eigenvalue weighted by molar-refractivity contribution is -0.112. The molecule has 8 heteroatoms. The fraction of sp³-hybridized carbons (Fsp3) is 0. The Balaban J connectivity index is 1.75. The molecule has 1 amide bonds. The molecule has 0 unspecified atom stereocenters. The molecule has 26 heavy (non-hydrogen) atoms. The van der Waals surface area contributed by atoms with Gasteiger partial charge < -0.3 is 21.1 Å². The number of phenols is 1. The average Bonchev–Trinajstić information content (AvgIpc) is 3.13. The van der Waals surface area contributed by atoms with Crippen LogP contribution in [0.15, 0.2) is 65.8 Å². The molecule has 1 heterocycles. The number of anilines is 1. The standard InChI is InChI=1S/C18H17N5O2S/c19-15(10-26-20)18(25)22-13-6-4-11(5-7-13)17-21-9-16(23-17)12-2-1-3-14(24)8-12/h1-10,24H,19-20H2,(H,21,23)(H,22,25)/b15-10-. The number of H-pyrrole nitrogens is 1. The lowest BCUT2D eigenvalue weighted by atomic mass is 10.1. The van der Waals surface area contributed by atoms with E-state index in [1.54, 1.807) is 36.5 Å². The van der Waals surface area contributed by atoms with Gasteiger partial charge in [0.05, 0.1) is 11.9 Å². The predicted molar refractivity (Wildman–Crippen MR) is 104 cm³/mol. The molecule has 2 aromatic carbocycles. The van der Waals surface area contributed by atoms with Gasteiger partial charge in [-0.2, -0.15) is 0 Å². The van der Waals surface area contributed by atoms with Gasteiger partial charge in [0.15, 0.2) is 0 Å². The summed E-state index contributed by atoms with van der Waals surface area (Å²) in [5, 5.41) is 18.9. The van der Waals surface area contributed by atoms with Gasteiger partial charge in [0.25, 0.3) is 5.91 Å². The second-order valence-corrected chi connectivity index (χ2v) is 5.94. The molecule has 3 rings (SSSR count). The number of benzene rings is 2. The summed E-state index contributed by atoms with van der Waals surface area (Å²) in [5.41, 5.74) is 8.73. The molecule has 7 N–H and O–H groups in total. The van der Waals surface area contributed by atoms with Crippen LogP contribution in [0.4, 0.5) is 5.69 Å². The van der Waals surface area contributed by atoms with Gasteiger partial charge in [0.1, 0.15) is 17.3 Å². The van der Waals surface area contributed by atoms with Crippen LogP contribution in [-0.2, 0) is 4.79 Å². The number of hydrogen-bond acceptors (Lipinski definition) is 6. The minimum absolute atomic E-state index is 0.0448. The third kappa shape index (κ3) is 4.05. The smallest absolute Gasteiger partial charge is 0.272 e. The van der Waals surface area contributed by atoms with E-state index in [1.807, 2.05) is 18.2 Å². The number of aromatic nitrogens is 2. The van der Waals surface area contributed by atoms with Crippen LogP contribution in [0.2, 0.25) is 0 Å². The number of amides is 1. The molecule has 0 atom stereocenters. The fourth-order valence-corrected chi connectivity index (χ4v) is 2.58. The number of phenolic OH excluding ortho intramolecular Hbond substituents is 1. The maximum Gasteiger partial charge on any atom is 0.272 e. The zero-order valence-electron chi connectivity index (χ0n) is 13.6. The molecule has 0 bridgehead atoms. The summed E-state index contributed by atoms with van der Waals surface area (Å²) in [4.78, 5) is 19.4.